The van der Waals surface area contributed by atoms with Gasteiger partial charge < -0.3 is 15.4 Å². The molecule has 1 aliphatic rings. The van der Waals surface area contributed by atoms with Crippen LogP contribution in [-0.2, 0) is 12.8 Å². The smallest absolute Gasteiger partial charge is 0.312 e. The first-order valence-corrected chi connectivity index (χ1v) is 9.85. The van der Waals surface area contributed by atoms with E-state index < -0.39 is 11.7 Å². The summed E-state index contributed by atoms with van der Waals surface area (Å²) in [6.45, 7) is 0. The summed E-state index contributed by atoms with van der Waals surface area (Å²) in [6, 6.07) is 10.9. The van der Waals surface area contributed by atoms with Gasteiger partial charge in [0, 0.05) is 23.2 Å². The minimum atomic E-state index is -0.794. The van der Waals surface area contributed by atoms with Crippen molar-refractivity contribution in [3.63, 3.8) is 0 Å². The van der Waals surface area contributed by atoms with Crippen molar-refractivity contribution in [3.8, 4) is 11.6 Å². The van der Waals surface area contributed by atoms with Gasteiger partial charge in [-0.1, -0.05) is 18.2 Å². The maximum absolute atomic E-state index is 13.2. The van der Waals surface area contributed by atoms with E-state index in [0.29, 0.717) is 11.4 Å². The van der Waals surface area contributed by atoms with E-state index in [0.717, 1.165) is 41.6 Å². The molecule has 5 rings (SSSR count). The highest BCUT2D eigenvalue weighted by atomic mass is 32.1. The predicted octanol–water partition coefficient (Wildman–Crippen LogP) is 2.33. The van der Waals surface area contributed by atoms with Crippen LogP contribution in [0.5, 0.6) is 5.95 Å². The van der Waals surface area contributed by atoms with E-state index in [2.05, 4.69) is 5.27 Å². The zero-order valence-corrected chi connectivity index (χ0v) is 15.7. The fourth-order valence-electron chi connectivity index (χ4n) is 3.62. The molecule has 0 bridgehead atoms. The number of benzene rings is 1. The van der Waals surface area contributed by atoms with Crippen LogP contribution in [0.2, 0.25) is 0 Å². The molecular formula is C20H16N4O3S. The normalized spacial score (nSPS) is 13.6. The Bertz CT molecular complexity index is 1210. The largest absolute Gasteiger partial charge is 0.539 e. The van der Waals surface area contributed by atoms with Crippen molar-refractivity contribution in [2.45, 2.75) is 25.7 Å². The number of hydrogen-bond acceptors (Lipinski definition) is 7. The van der Waals surface area contributed by atoms with Crippen molar-refractivity contribution >= 4 is 33.0 Å². The van der Waals surface area contributed by atoms with Gasteiger partial charge in [0.25, 0.3) is 5.78 Å². The first-order valence-electron chi connectivity index (χ1n) is 9.03. The van der Waals surface area contributed by atoms with Crippen molar-refractivity contribution in [1.29, 1.82) is 0 Å². The Morgan fingerprint density at radius 1 is 1.21 bits per heavy atom. The molecule has 0 saturated carbocycles. The summed E-state index contributed by atoms with van der Waals surface area (Å²) in [7, 11) is 0. The standard InChI is InChI=1S/C20H16N4O3S/c21-15-13-10-11-6-4-5-9-14(11)22-19(13)28-18(15)17(25)16-20(26)27-23-24(16)12-7-2-1-3-8-12/h1-3,7-8,10H,4-6,9H2,(H2-,21,23,25,26). The molecule has 3 heterocycles. The lowest BCUT2D eigenvalue weighted by atomic mass is 9.95. The van der Waals surface area contributed by atoms with E-state index in [1.807, 2.05) is 12.1 Å². The Labute approximate surface area is 164 Å². The molecule has 3 aromatic heterocycles. The number of para-hydroxylation sites is 1. The number of hydrogen-bond donors (Lipinski definition) is 1. The molecule has 1 aromatic carbocycles. The van der Waals surface area contributed by atoms with Crippen LogP contribution in [0, 0.1) is 0 Å². The summed E-state index contributed by atoms with van der Waals surface area (Å²) in [5, 5.41) is 16.7. The molecule has 0 unspecified atom stereocenters. The number of fused-ring (bicyclic) bond motifs is 2. The quantitative estimate of drug-likeness (QED) is 0.423. The van der Waals surface area contributed by atoms with Gasteiger partial charge in [-0.2, -0.15) is 0 Å². The van der Waals surface area contributed by atoms with E-state index in [-0.39, 0.29) is 10.6 Å². The summed E-state index contributed by atoms with van der Waals surface area (Å²) in [4.78, 5) is 18.9. The van der Waals surface area contributed by atoms with Crippen molar-refractivity contribution in [2.24, 2.45) is 0 Å². The van der Waals surface area contributed by atoms with Crippen molar-refractivity contribution < 1.29 is 19.1 Å². The summed E-state index contributed by atoms with van der Waals surface area (Å²) >= 11 is 1.21. The fraction of sp³-hybridized carbons (Fsp3) is 0.200. The molecule has 7 nitrogen and oxygen atoms in total. The van der Waals surface area contributed by atoms with Crippen LogP contribution < -0.4 is 15.5 Å². The Balaban J connectivity index is 1.64. The van der Waals surface area contributed by atoms with Crippen LogP contribution in [-0.4, -0.2) is 16.0 Å². The van der Waals surface area contributed by atoms with Gasteiger partial charge in [-0.15, -0.1) is 11.3 Å². The van der Waals surface area contributed by atoms with E-state index in [1.165, 1.54) is 21.6 Å². The predicted molar refractivity (Wildman–Crippen MR) is 102 cm³/mol. The highest BCUT2D eigenvalue weighted by Gasteiger charge is 2.32. The number of aryl methyl sites for hydroxylation is 2. The first kappa shape index (κ1) is 16.9. The number of anilines is 1. The lowest BCUT2D eigenvalue weighted by Crippen LogP contribution is -2.39. The molecule has 0 saturated heterocycles. The minimum Gasteiger partial charge on any atom is -0.539 e. The highest BCUT2D eigenvalue weighted by Crippen LogP contribution is 2.37. The van der Waals surface area contributed by atoms with Gasteiger partial charge in [-0.3, -0.25) is 4.79 Å². The summed E-state index contributed by atoms with van der Waals surface area (Å²) in [6.07, 6.45) is 4.17. The molecule has 0 atom stereocenters. The lowest BCUT2D eigenvalue weighted by molar-refractivity contribution is -0.672. The topological polar surface area (TPSA) is 109 Å². The number of rotatable bonds is 3. The Morgan fingerprint density at radius 2 is 2.00 bits per heavy atom. The van der Waals surface area contributed by atoms with Crippen LogP contribution in [0.1, 0.15) is 39.5 Å². The zero-order chi connectivity index (χ0) is 19.3. The summed E-state index contributed by atoms with van der Waals surface area (Å²) in [5.74, 6) is -1.30. The van der Waals surface area contributed by atoms with Gasteiger partial charge in [0.15, 0.2) is 5.95 Å². The van der Waals surface area contributed by atoms with Gasteiger partial charge in [0.05, 0.1) is 11.0 Å². The lowest BCUT2D eigenvalue weighted by Gasteiger charge is -2.14. The molecule has 8 heteroatoms. The average Bonchev–Trinajstić information content (AvgIpc) is 3.27. The van der Waals surface area contributed by atoms with Crippen LogP contribution in [0.3, 0.4) is 0 Å². The second-order valence-electron chi connectivity index (χ2n) is 6.78. The highest BCUT2D eigenvalue weighted by molar-refractivity contribution is 7.21. The van der Waals surface area contributed by atoms with Gasteiger partial charge in [0.1, 0.15) is 9.71 Å². The fourth-order valence-corrected chi connectivity index (χ4v) is 4.66. The van der Waals surface area contributed by atoms with E-state index in [4.69, 9.17) is 15.2 Å². The summed E-state index contributed by atoms with van der Waals surface area (Å²) < 4.78 is 5.99. The number of nitrogens with two attached hydrogens (primary N) is 1. The maximum Gasteiger partial charge on any atom is 0.312 e. The van der Waals surface area contributed by atoms with Gasteiger partial charge in [-0.25, -0.2) is 4.98 Å². The third-order valence-corrected chi connectivity index (χ3v) is 6.15. The maximum atomic E-state index is 13.2. The molecule has 140 valence electrons. The number of pyridine rings is 1. The van der Waals surface area contributed by atoms with Crippen molar-refractivity contribution in [1.82, 2.24) is 10.3 Å². The molecular weight excluding hydrogens is 376 g/mol. The number of carbonyl (C=O) groups is 1. The molecule has 0 fully saturated rings. The molecule has 0 radical (unpaired) electrons. The number of thiophene rings is 1. The average molecular weight is 392 g/mol. The van der Waals surface area contributed by atoms with Crippen molar-refractivity contribution in [2.75, 3.05) is 5.73 Å². The molecule has 0 spiro atoms. The Morgan fingerprint density at radius 3 is 2.82 bits per heavy atom. The van der Waals surface area contributed by atoms with Crippen LogP contribution in [0.4, 0.5) is 5.69 Å². The van der Waals surface area contributed by atoms with E-state index in [1.54, 1.807) is 24.3 Å². The minimum absolute atomic E-state index is 0.172. The van der Waals surface area contributed by atoms with Gasteiger partial charge in [-0.05, 0) is 42.0 Å². The third-order valence-electron chi connectivity index (χ3n) is 5.03. The van der Waals surface area contributed by atoms with Crippen LogP contribution in [0.15, 0.2) is 40.9 Å². The molecule has 0 amide bonds. The van der Waals surface area contributed by atoms with Crippen LogP contribution in [0.25, 0.3) is 15.9 Å². The summed E-state index contributed by atoms with van der Waals surface area (Å²) in [5.41, 5.74) is 9.31. The molecule has 2 N–H and O–H groups in total. The second kappa shape index (κ2) is 6.42. The van der Waals surface area contributed by atoms with Gasteiger partial charge in [0.2, 0.25) is 5.69 Å². The number of aromatic nitrogens is 3. The van der Waals surface area contributed by atoms with E-state index >= 15 is 0 Å². The van der Waals surface area contributed by atoms with E-state index in [9.17, 15) is 9.90 Å². The number of nitrogens with zero attached hydrogens (tertiary/aromatic N) is 3. The molecule has 4 aromatic rings. The Hall–Kier alpha value is -3.26. The first-order chi connectivity index (χ1) is 13.6. The monoisotopic (exact) mass is 392 g/mol. The van der Waals surface area contributed by atoms with Crippen molar-refractivity contribution in [3.05, 3.63) is 58.2 Å². The number of ketones is 1. The number of carbonyl (C=O) groups excluding carboxylic acids is 1. The third kappa shape index (κ3) is 2.56. The molecule has 0 aliphatic heterocycles. The number of nitrogen functional groups attached to an aromatic ring is 1. The second-order valence-corrected chi connectivity index (χ2v) is 7.78. The molecule has 28 heavy (non-hydrogen) atoms. The van der Waals surface area contributed by atoms with Crippen LogP contribution >= 0.6 is 11.3 Å². The van der Waals surface area contributed by atoms with Gasteiger partial charge >= 0.3 is 5.69 Å². The zero-order valence-electron chi connectivity index (χ0n) is 14.8. The SMILES string of the molecule is Nc1c(C(=O)c2c([O-])on[n+]2-c2ccccc2)sc2nc3c(cc12)CCCC3. The Kier molecular flexibility index (Phi) is 3.87. The molecule has 1 aliphatic carbocycles.